The summed E-state index contributed by atoms with van der Waals surface area (Å²) in [5.74, 6) is -0.0619. The number of ketones is 1. The van der Waals surface area contributed by atoms with Crippen LogP contribution in [0.3, 0.4) is 0 Å². The summed E-state index contributed by atoms with van der Waals surface area (Å²) in [6, 6.07) is 1.63. The SMILES string of the molecule is CN/C=C\C(=O)c1ccoc1. The van der Waals surface area contributed by atoms with Crippen molar-refractivity contribution >= 4 is 5.78 Å². The van der Waals surface area contributed by atoms with Gasteiger partial charge in [0.05, 0.1) is 11.8 Å². The van der Waals surface area contributed by atoms with Crippen LogP contribution in [0.2, 0.25) is 0 Å². The molecule has 1 rings (SSSR count). The Morgan fingerprint density at radius 3 is 3.09 bits per heavy atom. The molecule has 0 saturated carbocycles. The van der Waals surface area contributed by atoms with Crippen LogP contribution >= 0.6 is 0 Å². The van der Waals surface area contributed by atoms with E-state index in [4.69, 9.17) is 4.42 Å². The van der Waals surface area contributed by atoms with Gasteiger partial charge in [-0.3, -0.25) is 4.79 Å². The fraction of sp³-hybridized carbons (Fsp3) is 0.125. The van der Waals surface area contributed by atoms with Gasteiger partial charge in [-0.05, 0) is 6.07 Å². The van der Waals surface area contributed by atoms with Gasteiger partial charge >= 0.3 is 0 Å². The van der Waals surface area contributed by atoms with Gasteiger partial charge in [-0.2, -0.15) is 0 Å². The van der Waals surface area contributed by atoms with Crippen molar-refractivity contribution < 1.29 is 9.21 Å². The second-order valence-electron chi connectivity index (χ2n) is 2.00. The summed E-state index contributed by atoms with van der Waals surface area (Å²) in [4.78, 5) is 11.1. The molecule has 1 aromatic heterocycles. The quantitative estimate of drug-likeness (QED) is 0.521. The van der Waals surface area contributed by atoms with Crippen molar-refractivity contribution in [1.29, 1.82) is 0 Å². The number of carbonyl (C=O) groups is 1. The van der Waals surface area contributed by atoms with Crippen molar-refractivity contribution in [2.45, 2.75) is 0 Å². The first-order chi connectivity index (χ1) is 5.34. The van der Waals surface area contributed by atoms with Crippen LogP contribution in [0.15, 0.2) is 35.3 Å². The van der Waals surface area contributed by atoms with Crippen LogP contribution in [0.5, 0.6) is 0 Å². The lowest BCUT2D eigenvalue weighted by molar-refractivity contribution is 0.104. The van der Waals surface area contributed by atoms with Gasteiger partial charge in [0, 0.05) is 19.3 Å². The van der Waals surface area contributed by atoms with E-state index in [-0.39, 0.29) is 5.78 Å². The minimum atomic E-state index is -0.0619. The fourth-order valence-corrected chi connectivity index (χ4v) is 0.660. The Balaban J connectivity index is 2.64. The van der Waals surface area contributed by atoms with Gasteiger partial charge in [0.25, 0.3) is 0 Å². The van der Waals surface area contributed by atoms with Gasteiger partial charge in [0.1, 0.15) is 6.26 Å². The molecule has 0 spiro atoms. The van der Waals surface area contributed by atoms with E-state index in [1.165, 1.54) is 18.6 Å². The number of hydrogen-bond donors (Lipinski definition) is 1. The van der Waals surface area contributed by atoms with Crippen LogP contribution in [0, 0.1) is 0 Å². The highest BCUT2D eigenvalue weighted by molar-refractivity contribution is 6.04. The highest BCUT2D eigenvalue weighted by Crippen LogP contribution is 2.00. The molecule has 0 aliphatic rings. The Hall–Kier alpha value is -1.51. The van der Waals surface area contributed by atoms with E-state index < -0.39 is 0 Å². The molecule has 1 heterocycles. The van der Waals surface area contributed by atoms with E-state index in [1.807, 2.05) is 0 Å². The summed E-state index contributed by atoms with van der Waals surface area (Å²) >= 11 is 0. The summed E-state index contributed by atoms with van der Waals surface area (Å²) < 4.78 is 4.74. The van der Waals surface area contributed by atoms with E-state index in [1.54, 1.807) is 19.3 Å². The van der Waals surface area contributed by atoms with Crippen molar-refractivity contribution in [2.24, 2.45) is 0 Å². The lowest BCUT2D eigenvalue weighted by atomic mass is 10.2. The fourth-order valence-electron chi connectivity index (χ4n) is 0.660. The number of nitrogens with one attached hydrogen (secondary N) is 1. The maximum Gasteiger partial charge on any atom is 0.190 e. The van der Waals surface area contributed by atoms with E-state index in [9.17, 15) is 4.79 Å². The molecule has 0 fully saturated rings. The van der Waals surface area contributed by atoms with Gasteiger partial charge in [-0.25, -0.2) is 0 Å². The van der Waals surface area contributed by atoms with Crippen molar-refractivity contribution in [1.82, 2.24) is 5.32 Å². The van der Waals surface area contributed by atoms with Gasteiger partial charge in [-0.1, -0.05) is 0 Å². The smallest absolute Gasteiger partial charge is 0.190 e. The van der Waals surface area contributed by atoms with E-state index in [2.05, 4.69) is 5.32 Å². The average Bonchev–Trinajstić information content (AvgIpc) is 2.52. The summed E-state index contributed by atoms with van der Waals surface area (Å²) in [5, 5.41) is 2.73. The minimum Gasteiger partial charge on any atom is -0.472 e. The zero-order valence-electron chi connectivity index (χ0n) is 6.20. The maximum absolute atomic E-state index is 11.1. The molecular weight excluding hydrogens is 142 g/mol. The van der Waals surface area contributed by atoms with Crippen LogP contribution in [0.1, 0.15) is 10.4 Å². The Bertz CT molecular complexity index is 249. The third-order valence-corrected chi connectivity index (χ3v) is 1.21. The predicted octanol–water partition coefficient (Wildman–Crippen LogP) is 1.20. The lowest BCUT2D eigenvalue weighted by Gasteiger charge is -1.86. The van der Waals surface area contributed by atoms with E-state index in [0.29, 0.717) is 5.56 Å². The molecule has 3 heteroatoms. The summed E-state index contributed by atoms with van der Waals surface area (Å²) in [6.45, 7) is 0. The van der Waals surface area contributed by atoms with Crippen molar-refractivity contribution in [2.75, 3.05) is 7.05 Å². The zero-order chi connectivity index (χ0) is 8.10. The van der Waals surface area contributed by atoms with Crippen molar-refractivity contribution in [3.05, 3.63) is 36.4 Å². The Labute approximate surface area is 64.7 Å². The van der Waals surface area contributed by atoms with Crippen LogP contribution in [-0.4, -0.2) is 12.8 Å². The number of allylic oxidation sites excluding steroid dienone is 1. The van der Waals surface area contributed by atoms with Crippen molar-refractivity contribution in [3.63, 3.8) is 0 Å². The second-order valence-corrected chi connectivity index (χ2v) is 2.00. The molecule has 0 aromatic carbocycles. The molecule has 0 radical (unpaired) electrons. The molecule has 58 valence electrons. The largest absolute Gasteiger partial charge is 0.472 e. The molecular formula is C8H9NO2. The first-order valence-electron chi connectivity index (χ1n) is 3.25. The number of furan rings is 1. The molecule has 0 saturated heterocycles. The molecule has 3 nitrogen and oxygen atoms in total. The molecule has 0 amide bonds. The van der Waals surface area contributed by atoms with Gasteiger partial charge in [0.2, 0.25) is 0 Å². The molecule has 0 aliphatic carbocycles. The second kappa shape index (κ2) is 3.61. The van der Waals surface area contributed by atoms with Gasteiger partial charge in [-0.15, -0.1) is 0 Å². The van der Waals surface area contributed by atoms with E-state index in [0.717, 1.165) is 0 Å². The molecule has 0 aliphatic heterocycles. The molecule has 0 bridgehead atoms. The van der Waals surface area contributed by atoms with Crippen LogP contribution in [0.25, 0.3) is 0 Å². The zero-order valence-corrected chi connectivity index (χ0v) is 6.20. The monoisotopic (exact) mass is 151 g/mol. The lowest BCUT2D eigenvalue weighted by Crippen LogP contribution is -1.96. The average molecular weight is 151 g/mol. The first-order valence-corrected chi connectivity index (χ1v) is 3.25. The molecule has 1 aromatic rings. The van der Waals surface area contributed by atoms with E-state index >= 15 is 0 Å². The summed E-state index contributed by atoms with van der Waals surface area (Å²) in [5.41, 5.74) is 0.566. The Morgan fingerprint density at radius 1 is 1.73 bits per heavy atom. The Kier molecular flexibility index (Phi) is 2.49. The van der Waals surface area contributed by atoms with Gasteiger partial charge in [0.15, 0.2) is 5.78 Å². The predicted molar refractivity (Wildman–Crippen MR) is 41.2 cm³/mol. The maximum atomic E-state index is 11.1. The number of rotatable bonds is 3. The normalized spacial score (nSPS) is 10.3. The standard InChI is InChI=1S/C8H9NO2/c1-9-4-2-8(10)7-3-5-11-6-7/h2-6,9H,1H3/b4-2-. The van der Waals surface area contributed by atoms with Crippen LogP contribution in [-0.2, 0) is 0 Å². The topological polar surface area (TPSA) is 42.2 Å². The summed E-state index contributed by atoms with van der Waals surface area (Å²) in [7, 11) is 1.74. The third-order valence-electron chi connectivity index (χ3n) is 1.21. The highest BCUT2D eigenvalue weighted by Gasteiger charge is 2.00. The molecule has 0 atom stereocenters. The molecule has 1 N–H and O–H groups in total. The summed E-state index contributed by atoms with van der Waals surface area (Å²) in [6.07, 6.45) is 5.92. The molecule has 11 heavy (non-hydrogen) atoms. The van der Waals surface area contributed by atoms with Crippen molar-refractivity contribution in [3.8, 4) is 0 Å². The van der Waals surface area contributed by atoms with Gasteiger partial charge < -0.3 is 9.73 Å². The Morgan fingerprint density at radius 2 is 2.55 bits per heavy atom. The highest BCUT2D eigenvalue weighted by atomic mass is 16.3. The molecule has 0 unspecified atom stereocenters. The third kappa shape index (κ3) is 1.97. The van der Waals surface area contributed by atoms with Crippen LogP contribution < -0.4 is 5.32 Å². The van der Waals surface area contributed by atoms with Crippen LogP contribution in [0.4, 0.5) is 0 Å². The number of hydrogen-bond acceptors (Lipinski definition) is 3. The number of carbonyl (C=O) groups excluding carboxylic acids is 1. The first kappa shape index (κ1) is 7.60. The minimum absolute atomic E-state index is 0.0619.